The molecule has 1 rings (SSSR count). The molecule has 1 saturated carbocycles. The van der Waals surface area contributed by atoms with E-state index >= 15 is 0 Å². The van der Waals surface area contributed by atoms with Gasteiger partial charge in [0.25, 0.3) is 0 Å². The van der Waals surface area contributed by atoms with Crippen LogP contribution in [0.2, 0.25) is 0 Å². The highest BCUT2D eigenvalue weighted by atomic mass is 16.5. The van der Waals surface area contributed by atoms with Crippen molar-refractivity contribution in [1.82, 2.24) is 0 Å². The van der Waals surface area contributed by atoms with E-state index in [1.165, 1.54) is 13.2 Å². The third kappa shape index (κ3) is 8.89. The van der Waals surface area contributed by atoms with Gasteiger partial charge in [-0.3, -0.25) is 0 Å². The monoisotopic (exact) mass is 396 g/mol. The SMILES string of the molecule is CCCCCC(O)C=CC1C(OC)CC(OC)C1CCCCC=CC(=O)OC. The normalized spacial score (nSPS) is 26.3. The molecule has 5 heteroatoms. The summed E-state index contributed by atoms with van der Waals surface area (Å²) in [6, 6.07) is 0. The van der Waals surface area contributed by atoms with Crippen molar-refractivity contribution < 1.29 is 24.1 Å². The summed E-state index contributed by atoms with van der Waals surface area (Å²) < 4.78 is 16.1. The Morgan fingerprint density at radius 3 is 2.50 bits per heavy atom. The second-order valence-electron chi connectivity index (χ2n) is 7.68. The molecule has 0 bridgehead atoms. The number of rotatable bonds is 14. The minimum absolute atomic E-state index is 0.133. The molecule has 0 saturated heterocycles. The fourth-order valence-corrected chi connectivity index (χ4v) is 4.10. The first-order valence-corrected chi connectivity index (χ1v) is 10.7. The van der Waals surface area contributed by atoms with Crippen molar-refractivity contribution in [3.63, 3.8) is 0 Å². The number of carbonyl (C=O) groups is 1. The topological polar surface area (TPSA) is 65.0 Å². The average molecular weight is 397 g/mol. The van der Waals surface area contributed by atoms with Gasteiger partial charge in [0.1, 0.15) is 0 Å². The standard InChI is InChI=1S/C23H40O5/c1-5-6-9-12-18(24)15-16-20-19(21(26-2)17-22(20)27-3)13-10-7-8-11-14-23(25)28-4/h11,14-16,18-22,24H,5-10,12-13,17H2,1-4H3. The molecule has 162 valence electrons. The number of methoxy groups -OCH3 is 3. The molecule has 5 unspecified atom stereocenters. The Labute approximate surface area is 171 Å². The van der Waals surface area contributed by atoms with Crippen LogP contribution in [0.5, 0.6) is 0 Å². The van der Waals surface area contributed by atoms with Crippen LogP contribution in [0.25, 0.3) is 0 Å². The lowest BCUT2D eigenvalue weighted by atomic mass is 9.87. The van der Waals surface area contributed by atoms with Crippen LogP contribution in [0.15, 0.2) is 24.3 Å². The Morgan fingerprint density at radius 2 is 1.86 bits per heavy atom. The Hall–Kier alpha value is -1.17. The van der Waals surface area contributed by atoms with E-state index in [1.807, 2.05) is 12.2 Å². The second kappa shape index (κ2) is 14.8. The number of allylic oxidation sites excluding steroid dienone is 1. The number of hydrogen-bond acceptors (Lipinski definition) is 5. The van der Waals surface area contributed by atoms with E-state index in [2.05, 4.69) is 17.7 Å². The third-order valence-corrected chi connectivity index (χ3v) is 5.74. The van der Waals surface area contributed by atoms with Crippen molar-refractivity contribution in [2.75, 3.05) is 21.3 Å². The lowest BCUT2D eigenvalue weighted by Crippen LogP contribution is -2.23. The molecule has 0 aliphatic heterocycles. The average Bonchev–Trinajstić information content (AvgIpc) is 3.05. The zero-order valence-electron chi connectivity index (χ0n) is 18.1. The maximum Gasteiger partial charge on any atom is 0.330 e. The van der Waals surface area contributed by atoms with E-state index < -0.39 is 0 Å². The van der Waals surface area contributed by atoms with E-state index in [1.54, 1.807) is 14.2 Å². The summed E-state index contributed by atoms with van der Waals surface area (Å²) in [7, 11) is 4.92. The number of aliphatic hydroxyl groups excluding tert-OH is 1. The van der Waals surface area contributed by atoms with E-state index in [-0.39, 0.29) is 30.2 Å². The van der Waals surface area contributed by atoms with Crippen molar-refractivity contribution in [2.45, 2.75) is 83.0 Å². The lowest BCUT2D eigenvalue weighted by Gasteiger charge is -2.23. The van der Waals surface area contributed by atoms with Gasteiger partial charge in [-0.25, -0.2) is 4.79 Å². The molecule has 1 N–H and O–H groups in total. The number of aliphatic hydroxyl groups is 1. The Bertz CT molecular complexity index is 474. The summed E-state index contributed by atoms with van der Waals surface area (Å²) in [4.78, 5) is 11.1. The van der Waals surface area contributed by atoms with E-state index in [4.69, 9.17) is 9.47 Å². The van der Waals surface area contributed by atoms with Crippen molar-refractivity contribution in [3.8, 4) is 0 Å². The number of ether oxygens (including phenoxy) is 3. The van der Waals surface area contributed by atoms with Crippen LogP contribution in [0, 0.1) is 11.8 Å². The van der Waals surface area contributed by atoms with Gasteiger partial charge in [0.05, 0.1) is 25.4 Å². The van der Waals surface area contributed by atoms with Crippen LogP contribution in [0.3, 0.4) is 0 Å². The molecule has 5 nitrogen and oxygen atoms in total. The van der Waals surface area contributed by atoms with Crippen molar-refractivity contribution in [3.05, 3.63) is 24.3 Å². The van der Waals surface area contributed by atoms with Crippen molar-refractivity contribution in [1.29, 1.82) is 0 Å². The van der Waals surface area contributed by atoms with E-state index in [0.717, 1.165) is 57.8 Å². The van der Waals surface area contributed by atoms with Gasteiger partial charge < -0.3 is 19.3 Å². The number of hydrogen-bond donors (Lipinski definition) is 1. The van der Waals surface area contributed by atoms with Gasteiger partial charge in [-0.05, 0) is 31.6 Å². The maximum absolute atomic E-state index is 11.1. The summed E-state index contributed by atoms with van der Waals surface area (Å²) in [6.07, 6.45) is 16.5. The number of esters is 1. The minimum Gasteiger partial charge on any atom is -0.466 e. The van der Waals surface area contributed by atoms with Gasteiger partial charge in [0.2, 0.25) is 0 Å². The summed E-state index contributed by atoms with van der Waals surface area (Å²) in [5.41, 5.74) is 0. The predicted octanol–water partition coefficient (Wildman–Crippen LogP) is 4.44. The molecule has 1 aliphatic carbocycles. The highest BCUT2D eigenvalue weighted by Crippen LogP contribution is 2.40. The minimum atomic E-state index is -0.380. The molecule has 0 radical (unpaired) electrons. The summed E-state index contributed by atoms with van der Waals surface area (Å²) in [5, 5.41) is 10.2. The molecule has 1 fully saturated rings. The van der Waals surface area contributed by atoms with Crippen molar-refractivity contribution in [2.24, 2.45) is 11.8 Å². The molecule has 0 spiro atoms. The molecule has 0 aromatic carbocycles. The zero-order chi connectivity index (χ0) is 20.8. The molecule has 0 aromatic rings. The summed E-state index contributed by atoms with van der Waals surface area (Å²) >= 11 is 0. The van der Waals surface area contributed by atoms with Crippen LogP contribution < -0.4 is 0 Å². The smallest absolute Gasteiger partial charge is 0.330 e. The number of unbranched alkanes of at least 4 members (excludes halogenated alkanes) is 4. The molecule has 28 heavy (non-hydrogen) atoms. The molecule has 1 aliphatic rings. The van der Waals surface area contributed by atoms with E-state index in [9.17, 15) is 9.90 Å². The molecular weight excluding hydrogens is 356 g/mol. The van der Waals surface area contributed by atoms with Gasteiger partial charge in [-0.15, -0.1) is 0 Å². The van der Waals surface area contributed by atoms with Gasteiger partial charge in [-0.2, -0.15) is 0 Å². The van der Waals surface area contributed by atoms with Crippen LogP contribution in [-0.2, 0) is 19.0 Å². The fraction of sp³-hybridized carbons (Fsp3) is 0.783. The molecule has 5 atom stereocenters. The van der Waals surface area contributed by atoms with E-state index in [0.29, 0.717) is 5.92 Å². The predicted molar refractivity (Wildman–Crippen MR) is 112 cm³/mol. The lowest BCUT2D eigenvalue weighted by molar-refractivity contribution is -0.134. The van der Waals surface area contributed by atoms with Crippen LogP contribution in [-0.4, -0.2) is 50.7 Å². The Morgan fingerprint density at radius 1 is 1.11 bits per heavy atom. The summed E-state index contributed by atoms with van der Waals surface area (Å²) in [5.74, 6) is 0.348. The third-order valence-electron chi connectivity index (χ3n) is 5.74. The van der Waals surface area contributed by atoms with Gasteiger partial charge in [0, 0.05) is 32.6 Å². The van der Waals surface area contributed by atoms with Gasteiger partial charge in [-0.1, -0.05) is 50.8 Å². The van der Waals surface area contributed by atoms with Crippen molar-refractivity contribution >= 4 is 5.97 Å². The maximum atomic E-state index is 11.1. The highest BCUT2D eigenvalue weighted by Gasteiger charge is 2.41. The summed E-state index contributed by atoms with van der Waals surface area (Å²) in [6.45, 7) is 2.17. The zero-order valence-corrected chi connectivity index (χ0v) is 18.1. The molecule has 0 aromatic heterocycles. The first kappa shape index (κ1) is 24.9. The molecular formula is C23H40O5. The van der Waals surface area contributed by atoms with Gasteiger partial charge >= 0.3 is 5.97 Å². The fourth-order valence-electron chi connectivity index (χ4n) is 4.10. The highest BCUT2D eigenvalue weighted by molar-refractivity contribution is 5.81. The number of carbonyl (C=O) groups excluding carboxylic acids is 1. The van der Waals surface area contributed by atoms with Gasteiger partial charge in [0.15, 0.2) is 0 Å². The quantitative estimate of drug-likeness (QED) is 0.203. The molecule has 0 amide bonds. The first-order chi connectivity index (χ1) is 13.6. The Kier molecular flexibility index (Phi) is 13.1. The molecule has 0 heterocycles. The van der Waals surface area contributed by atoms with Crippen LogP contribution in [0.1, 0.15) is 64.7 Å². The van der Waals surface area contributed by atoms with Crippen LogP contribution >= 0.6 is 0 Å². The Balaban J connectivity index is 2.57. The second-order valence-corrected chi connectivity index (χ2v) is 7.68. The van der Waals surface area contributed by atoms with Crippen LogP contribution in [0.4, 0.5) is 0 Å². The first-order valence-electron chi connectivity index (χ1n) is 10.7. The largest absolute Gasteiger partial charge is 0.466 e.